The maximum absolute atomic E-state index is 6.75. The quantitative estimate of drug-likeness (QED) is 0.152. The summed E-state index contributed by atoms with van der Waals surface area (Å²) in [5, 5.41) is 13.1. The summed E-state index contributed by atoms with van der Waals surface area (Å²) in [5.74, 6) is 2.02. The highest BCUT2D eigenvalue weighted by atomic mass is 79.9. The van der Waals surface area contributed by atoms with Gasteiger partial charge in [-0.1, -0.05) is 75.7 Å². The number of thioether (sulfide) groups is 1. The molecule has 1 aliphatic rings. The number of nitrogens with zero attached hydrogens (tertiary/aromatic N) is 3. The molecule has 0 amide bonds. The van der Waals surface area contributed by atoms with E-state index in [1.807, 2.05) is 67.6 Å². The molecule has 4 aromatic rings. The number of ether oxygens (including phenoxy) is 3. The van der Waals surface area contributed by atoms with Crippen molar-refractivity contribution >= 4 is 45.0 Å². The molecule has 1 atom stereocenters. The number of nitrogens with one attached hydrogen (secondary N) is 1. The van der Waals surface area contributed by atoms with Crippen molar-refractivity contribution in [3.8, 4) is 28.6 Å². The number of hydrogen-bond donors (Lipinski definition) is 1. The lowest BCUT2D eigenvalue weighted by Crippen LogP contribution is -2.17. The highest BCUT2D eigenvalue weighted by Crippen LogP contribution is 2.44. The number of benzene rings is 3. The van der Waals surface area contributed by atoms with Crippen LogP contribution < -0.4 is 19.5 Å². The molecule has 5 rings (SSSR count). The molecule has 10 heteroatoms. The fraction of sp³-hybridized carbons (Fsp3) is 0.179. The molecular weight excluding hydrogens is 588 g/mol. The average molecular weight is 612 g/mol. The molecule has 7 nitrogen and oxygen atoms in total. The lowest BCUT2D eigenvalue weighted by molar-refractivity contribution is 0.223. The zero-order chi connectivity index (χ0) is 26.5. The molecule has 0 saturated carbocycles. The number of fused-ring (bicyclic) bond motifs is 3. The molecule has 1 aromatic heterocycles. The molecule has 0 fully saturated rings. The first-order valence-electron chi connectivity index (χ1n) is 11.9. The van der Waals surface area contributed by atoms with Gasteiger partial charge in [0.2, 0.25) is 11.0 Å². The van der Waals surface area contributed by atoms with E-state index in [4.69, 9.17) is 25.8 Å². The van der Waals surface area contributed by atoms with Crippen LogP contribution in [0, 0.1) is 0 Å². The summed E-state index contributed by atoms with van der Waals surface area (Å²) in [5.41, 5.74) is 3.94. The highest BCUT2D eigenvalue weighted by Gasteiger charge is 2.28. The first kappa shape index (κ1) is 26.3. The molecule has 0 unspecified atom stereocenters. The predicted molar refractivity (Wildman–Crippen MR) is 154 cm³/mol. The van der Waals surface area contributed by atoms with Crippen molar-refractivity contribution in [1.82, 2.24) is 15.2 Å². The molecule has 3 aromatic carbocycles. The van der Waals surface area contributed by atoms with Gasteiger partial charge in [0, 0.05) is 27.0 Å². The van der Waals surface area contributed by atoms with Crippen LogP contribution in [0.25, 0.3) is 11.3 Å². The average Bonchev–Trinajstić information content (AvgIpc) is 3.08. The fourth-order valence-corrected chi connectivity index (χ4v) is 5.04. The van der Waals surface area contributed by atoms with Gasteiger partial charge < -0.3 is 19.5 Å². The Bertz CT molecular complexity index is 1460. The highest BCUT2D eigenvalue weighted by molar-refractivity contribution is 9.10. The Morgan fingerprint density at radius 2 is 1.97 bits per heavy atom. The van der Waals surface area contributed by atoms with Crippen LogP contribution in [0.1, 0.15) is 24.3 Å². The summed E-state index contributed by atoms with van der Waals surface area (Å²) in [7, 11) is 0. The minimum Gasteiger partial charge on any atom is -0.490 e. The van der Waals surface area contributed by atoms with Crippen molar-refractivity contribution in [2.45, 2.75) is 24.9 Å². The summed E-state index contributed by atoms with van der Waals surface area (Å²) in [6.07, 6.45) is 1.15. The summed E-state index contributed by atoms with van der Waals surface area (Å²) in [6.45, 7) is 6.48. The topological polar surface area (TPSA) is 78.4 Å². The Balaban J connectivity index is 1.52. The Labute approximate surface area is 238 Å². The van der Waals surface area contributed by atoms with Gasteiger partial charge >= 0.3 is 0 Å². The Hall–Kier alpha value is -3.27. The zero-order valence-corrected chi connectivity index (χ0v) is 23.6. The summed E-state index contributed by atoms with van der Waals surface area (Å²) in [4.78, 5) is 4.65. The van der Waals surface area contributed by atoms with Crippen LogP contribution in [0.5, 0.6) is 17.4 Å². The van der Waals surface area contributed by atoms with Gasteiger partial charge in [0.15, 0.2) is 23.4 Å². The van der Waals surface area contributed by atoms with E-state index in [0.29, 0.717) is 52.2 Å². The molecule has 0 radical (unpaired) electrons. The van der Waals surface area contributed by atoms with E-state index in [0.717, 1.165) is 26.9 Å². The second-order valence-corrected chi connectivity index (χ2v) is 10.5. The van der Waals surface area contributed by atoms with Crippen LogP contribution in [0.2, 0.25) is 5.02 Å². The van der Waals surface area contributed by atoms with Gasteiger partial charge in [-0.2, -0.15) is 4.98 Å². The number of anilines is 1. The van der Waals surface area contributed by atoms with Gasteiger partial charge in [-0.3, -0.25) is 0 Å². The van der Waals surface area contributed by atoms with Gasteiger partial charge in [0.25, 0.3) is 0 Å². The Morgan fingerprint density at radius 3 is 2.76 bits per heavy atom. The molecule has 0 bridgehead atoms. The van der Waals surface area contributed by atoms with E-state index in [9.17, 15) is 0 Å². The van der Waals surface area contributed by atoms with E-state index in [1.165, 1.54) is 11.8 Å². The van der Waals surface area contributed by atoms with E-state index >= 15 is 0 Å². The van der Waals surface area contributed by atoms with Crippen molar-refractivity contribution in [2.24, 2.45) is 0 Å². The molecule has 2 heterocycles. The molecule has 1 N–H and O–H groups in total. The van der Waals surface area contributed by atoms with E-state index in [1.54, 1.807) is 6.08 Å². The second kappa shape index (κ2) is 12.1. The van der Waals surface area contributed by atoms with Crippen LogP contribution in [0.15, 0.2) is 82.9 Å². The van der Waals surface area contributed by atoms with Crippen molar-refractivity contribution < 1.29 is 14.2 Å². The third kappa shape index (κ3) is 5.90. The molecule has 0 spiro atoms. The van der Waals surface area contributed by atoms with Crippen LogP contribution in [-0.4, -0.2) is 27.5 Å². The van der Waals surface area contributed by atoms with Gasteiger partial charge in [-0.15, -0.1) is 16.8 Å². The first-order valence-corrected chi connectivity index (χ1v) is 14.1. The zero-order valence-electron chi connectivity index (χ0n) is 20.5. The van der Waals surface area contributed by atoms with Crippen molar-refractivity contribution in [2.75, 3.05) is 17.7 Å². The third-order valence-electron chi connectivity index (χ3n) is 5.58. The Kier molecular flexibility index (Phi) is 8.36. The lowest BCUT2D eigenvalue weighted by Gasteiger charge is -2.22. The van der Waals surface area contributed by atoms with Crippen LogP contribution >= 0.6 is 39.3 Å². The minimum absolute atomic E-state index is 0.361. The fourth-order valence-electron chi connectivity index (χ4n) is 3.89. The van der Waals surface area contributed by atoms with E-state index in [-0.39, 0.29) is 0 Å². The summed E-state index contributed by atoms with van der Waals surface area (Å²) >= 11 is 11.7. The van der Waals surface area contributed by atoms with Gasteiger partial charge in [0.1, 0.15) is 6.61 Å². The maximum atomic E-state index is 6.75. The van der Waals surface area contributed by atoms with Crippen LogP contribution in [-0.2, 0) is 6.61 Å². The molecule has 194 valence electrons. The number of aromatic nitrogens is 3. The molecule has 38 heavy (non-hydrogen) atoms. The van der Waals surface area contributed by atoms with Crippen molar-refractivity contribution in [1.29, 1.82) is 0 Å². The standard InChI is InChI=1S/C28H24BrClN4O3S/c1-3-12-38-28-32-27-24(33-34-28)20-15-19(29)10-11-22(20)31-26(37-27)18-13-21(30)25(23(14-18)35-4-2)36-16-17-8-6-5-7-9-17/h3,5-11,13-15,26,31H,1,4,12,16H2,2H3/t26-/m0/s1. The number of halogens is 2. The van der Waals surface area contributed by atoms with Gasteiger partial charge in [-0.25, -0.2) is 0 Å². The smallest absolute Gasteiger partial charge is 0.247 e. The maximum Gasteiger partial charge on any atom is 0.247 e. The molecule has 1 aliphatic heterocycles. The number of hydrogen-bond acceptors (Lipinski definition) is 8. The lowest BCUT2D eigenvalue weighted by atomic mass is 10.1. The van der Waals surface area contributed by atoms with E-state index < -0.39 is 6.23 Å². The minimum atomic E-state index is -0.634. The van der Waals surface area contributed by atoms with Crippen molar-refractivity contribution in [3.63, 3.8) is 0 Å². The first-order chi connectivity index (χ1) is 18.6. The predicted octanol–water partition coefficient (Wildman–Crippen LogP) is 7.71. The molecule has 0 saturated heterocycles. The van der Waals surface area contributed by atoms with Crippen molar-refractivity contribution in [3.05, 3.63) is 93.9 Å². The second-order valence-electron chi connectivity index (χ2n) is 8.22. The van der Waals surface area contributed by atoms with Crippen LogP contribution in [0.4, 0.5) is 5.69 Å². The SMILES string of the molecule is C=CCSc1nnc2c(n1)O[C@@H](c1cc(Cl)c(OCc3ccccc3)c(OCC)c1)Nc1ccc(Br)cc1-2. The Morgan fingerprint density at radius 1 is 1.13 bits per heavy atom. The third-order valence-corrected chi connectivity index (χ3v) is 7.19. The van der Waals surface area contributed by atoms with Gasteiger partial charge in [-0.05, 0) is 42.8 Å². The molecular formula is C28H24BrClN4O3S. The normalized spacial score (nSPS) is 13.8. The summed E-state index contributed by atoms with van der Waals surface area (Å²) in [6, 6.07) is 19.4. The monoisotopic (exact) mass is 610 g/mol. The van der Waals surface area contributed by atoms with E-state index in [2.05, 4.69) is 43.0 Å². The summed E-state index contributed by atoms with van der Waals surface area (Å²) < 4.78 is 19.3. The van der Waals surface area contributed by atoms with Crippen LogP contribution in [0.3, 0.4) is 0 Å². The largest absolute Gasteiger partial charge is 0.490 e. The number of rotatable bonds is 9. The molecule has 0 aliphatic carbocycles. The van der Waals surface area contributed by atoms with Gasteiger partial charge in [0.05, 0.1) is 11.6 Å².